The molecule has 4 rings (SSSR count). The predicted octanol–water partition coefficient (Wildman–Crippen LogP) is 0.741. The van der Waals surface area contributed by atoms with E-state index >= 15 is 0 Å². The fourth-order valence-electron chi connectivity index (χ4n) is 3.27. The van der Waals surface area contributed by atoms with Crippen molar-refractivity contribution in [3.05, 3.63) is 31.0 Å². The number of hydrogen-bond donors (Lipinski definition) is 2. The maximum Gasteiger partial charge on any atom is 0.229 e. The van der Waals surface area contributed by atoms with Gasteiger partial charge in [0.1, 0.15) is 12.7 Å². The lowest BCUT2D eigenvalue weighted by atomic mass is 9.88. The summed E-state index contributed by atoms with van der Waals surface area (Å²) in [6, 6.07) is 4.52. The van der Waals surface area contributed by atoms with Gasteiger partial charge in [-0.2, -0.15) is 5.10 Å². The summed E-state index contributed by atoms with van der Waals surface area (Å²) in [5.41, 5.74) is 0.714. The smallest absolute Gasteiger partial charge is 0.229 e. The highest BCUT2D eigenvalue weighted by atomic mass is 16.2. The fraction of sp³-hybridized carbons (Fsp3) is 0.429. The lowest BCUT2D eigenvalue weighted by molar-refractivity contribution is -0.120. The third kappa shape index (κ3) is 2.29. The van der Waals surface area contributed by atoms with Crippen LogP contribution in [0.15, 0.2) is 31.0 Å². The molecule has 1 amide bonds. The molecule has 0 spiro atoms. The first-order valence-corrected chi connectivity index (χ1v) is 7.17. The Morgan fingerprint density at radius 3 is 2.95 bits per heavy atom. The molecule has 7 nitrogen and oxygen atoms in total. The molecule has 21 heavy (non-hydrogen) atoms. The van der Waals surface area contributed by atoms with E-state index < -0.39 is 0 Å². The number of hydrogen-bond acceptors (Lipinski definition) is 5. The van der Waals surface area contributed by atoms with E-state index in [0.29, 0.717) is 23.6 Å². The van der Waals surface area contributed by atoms with Crippen LogP contribution in [0.1, 0.15) is 19.3 Å². The second-order valence-electron chi connectivity index (χ2n) is 5.62. The van der Waals surface area contributed by atoms with Crippen LogP contribution in [0.2, 0.25) is 0 Å². The lowest BCUT2D eigenvalue weighted by Gasteiger charge is -2.19. The van der Waals surface area contributed by atoms with Gasteiger partial charge in [0.05, 0.1) is 17.8 Å². The van der Waals surface area contributed by atoms with E-state index in [1.165, 1.54) is 12.7 Å². The molecule has 0 aromatic carbocycles. The molecule has 2 aromatic rings. The first kappa shape index (κ1) is 12.5. The molecule has 108 valence electrons. The van der Waals surface area contributed by atoms with Crippen molar-refractivity contribution < 1.29 is 4.79 Å². The third-order valence-electron chi connectivity index (χ3n) is 4.31. The number of carbonyl (C=O) groups excluding carboxylic acids is 1. The Morgan fingerprint density at radius 2 is 2.33 bits per heavy atom. The van der Waals surface area contributed by atoms with E-state index in [1.54, 1.807) is 17.2 Å². The van der Waals surface area contributed by atoms with Crippen molar-refractivity contribution >= 4 is 11.6 Å². The number of anilines is 1. The largest absolute Gasteiger partial charge is 0.324 e. The summed E-state index contributed by atoms with van der Waals surface area (Å²) in [6.45, 7) is 0. The highest BCUT2D eigenvalue weighted by Gasteiger charge is 2.42. The monoisotopic (exact) mass is 284 g/mol. The van der Waals surface area contributed by atoms with Gasteiger partial charge < -0.3 is 10.6 Å². The number of nitrogens with one attached hydrogen (secondary N) is 2. The molecule has 3 unspecified atom stereocenters. The van der Waals surface area contributed by atoms with Crippen molar-refractivity contribution in [2.24, 2.45) is 5.92 Å². The van der Waals surface area contributed by atoms with Crippen LogP contribution in [0.3, 0.4) is 0 Å². The van der Waals surface area contributed by atoms with Crippen LogP contribution < -0.4 is 10.6 Å². The normalized spacial score (nSPS) is 27.0. The maximum absolute atomic E-state index is 12.3. The van der Waals surface area contributed by atoms with Gasteiger partial charge in [-0.3, -0.25) is 4.79 Å². The Hall–Kier alpha value is -2.28. The van der Waals surface area contributed by atoms with Crippen molar-refractivity contribution in [1.29, 1.82) is 0 Å². The zero-order valence-electron chi connectivity index (χ0n) is 11.4. The molecule has 4 heterocycles. The Morgan fingerprint density at radius 1 is 1.38 bits per heavy atom. The van der Waals surface area contributed by atoms with Crippen LogP contribution in [-0.4, -0.2) is 37.7 Å². The van der Waals surface area contributed by atoms with E-state index in [-0.39, 0.29) is 11.8 Å². The van der Waals surface area contributed by atoms with Gasteiger partial charge in [0.15, 0.2) is 5.82 Å². The van der Waals surface area contributed by atoms with E-state index in [1.807, 2.05) is 12.1 Å². The minimum atomic E-state index is 0.0822. The fourth-order valence-corrected chi connectivity index (χ4v) is 3.27. The molecular weight excluding hydrogens is 268 g/mol. The highest BCUT2D eigenvalue weighted by molar-refractivity contribution is 5.93. The first-order valence-electron chi connectivity index (χ1n) is 7.17. The summed E-state index contributed by atoms with van der Waals surface area (Å²) in [7, 11) is 0. The third-order valence-corrected chi connectivity index (χ3v) is 4.31. The minimum absolute atomic E-state index is 0.0822. The number of rotatable bonds is 3. The maximum atomic E-state index is 12.3. The topological polar surface area (TPSA) is 84.7 Å². The molecule has 2 aliphatic heterocycles. The molecule has 2 fully saturated rings. The van der Waals surface area contributed by atoms with E-state index in [4.69, 9.17) is 0 Å². The number of amides is 1. The summed E-state index contributed by atoms with van der Waals surface area (Å²) in [6.07, 6.45) is 7.94. The van der Waals surface area contributed by atoms with Gasteiger partial charge in [-0.1, -0.05) is 0 Å². The Kier molecular flexibility index (Phi) is 2.92. The molecule has 7 heteroatoms. The quantitative estimate of drug-likeness (QED) is 0.868. The van der Waals surface area contributed by atoms with Crippen molar-refractivity contribution in [2.45, 2.75) is 31.3 Å². The predicted molar refractivity (Wildman–Crippen MR) is 75.8 cm³/mol. The molecule has 3 atom stereocenters. The van der Waals surface area contributed by atoms with Crippen LogP contribution in [0.25, 0.3) is 5.82 Å². The van der Waals surface area contributed by atoms with Gasteiger partial charge in [-0.05, 0) is 31.4 Å². The van der Waals surface area contributed by atoms with Crippen LogP contribution >= 0.6 is 0 Å². The summed E-state index contributed by atoms with van der Waals surface area (Å²) >= 11 is 0. The molecule has 2 bridgehead atoms. The average Bonchev–Trinajstić information content (AvgIpc) is 3.25. The molecule has 2 aliphatic rings. The number of carbonyl (C=O) groups is 1. The van der Waals surface area contributed by atoms with Gasteiger partial charge in [0.2, 0.25) is 5.91 Å². The van der Waals surface area contributed by atoms with Crippen molar-refractivity contribution in [3.63, 3.8) is 0 Å². The Bertz CT molecular complexity index is 638. The second-order valence-corrected chi connectivity index (χ2v) is 5.62. The summed E-state index contributed by atoms with van der Waals surface area (Å²) in [4.78, 5) is 20.5. The van der Waals surface area contributed by atoms with Crippen LogP contribution in [0.5, 0.6) is 0 Å². The van der Waals surface area contributed by atoms with E-state index in [9.17, 15) is 4.79 Å². The number of aromatic nitrogens is 4. The van der Waals surface area contributed by atoms with Gasteiger partial charge in [-0.15, -0.1) is 0 Å². The van der Waals surface area contributed by atoms with Gasteiger partial charge >= 0.3 is 0 Å². The summed E-state index contributed by atoms with van der Waals surface area (Å²) in [5, 5.41) is 10.4. The summed E-state index contributed by atoms with van der Waals surface area (Å²) < 4.78 is 1.57. The molecule has 0 aliphatic carbocycles. The molecule has 2 saturated heterocycles. The van der Waals surface area contributed by atoms with Crippen molar-refractivity contribution in [3.8, 4) is 5.82 Å². The minimum Gasteiger partial charge on any atom is -0.324 e. The molecule has 2 N–H and O–H groups in total. The SMILES string of the molecule is O=C(Nc1ccc(-n2cncn2)nc1)C1CC2CCC1N2. The molecule has 0 radical (unpaired) electrons. The van der Waals surface area contributed by atoms with Crippen molar-refractivity contribution in [1.82, 2.24) is 25.1 Å². The number of nitrogens with zero attached hydrogens (tertiary/aromatic N) is 4. The van der Waals surface area contributed by atoms with Gasteiger partial charge in [0.25, 0.3) is 0 Å². The molecular formula is C14H16N6O. The number of pyridine rings is 1. The van der Waals surface area contributed by atoms with Crippen LogP contribution in [0.4, 0.5) is 5.69 Å². The standard InChI is InChI=1S/C14H16N6O/c21-14(11-5-9-1-3-12(11)18-9)19-10-2-4-13(16-6-10)20-8-15-7-17-20/h2,4,6-9,11-12,18H,1,3,5H2,(H,19,21). The Balaban J connectivity index is 1.44. The average molecular weight is 284 g/mol. The van der Waals surface area contributed by atoms with Crippen molar-refractivity contribution in [2.75, 3.05) is 5.32 Å². The molecule has 2 aromatic heterocycles. The van der Waals surface area contributed by atoms with Gasteiger partial charge in [0, 0.05) is 12.1 Å². The van der Waals surface area contributed by atoms with E-state index in [2.05, 4.69) is 25.7 Å². The summed E-state index contributed by atoms with van der Waals surface area (Å²) in [5.74, 6) is 0.843. The number of fused-ring (bicyclic) bond motifs is 2. The highest BCUT2D eigenvalue weighted by Crippen LogP contribution is 2.33. The Labute approximate surface area is 121 Å². The second kappa shape index (κ2) is 4.92. The molecule has 0 saturated carbocycles. The first-order chi connectivity index (χ1) is 10.3. The van der Waals surface area contributed by atoms with Crippen LogP contribution in [0, 0.1) is 5.92 Å². The zero-order chi connectivity index (χ0) is 14.2. The lowest BCUT2D eigenvalue weighted by Crippen LogP contribution is -2.32. The van der Waals surface area contributed by atoms with Gasteiger partial charge in [-0.25, -0.2) is 14.6 Å². The van der Waals surface area contributed by atoms with E-state index in [0.717, 1.165) is 12.8 Å². The van der Waals surface area contributed by atoms with Crippen LogP contribution in [-0.2, 0) is 4.79 Å². The zero-order valence-corrected chi connectivity index (χ0v) is 11.4.